The van der Waals surface area contributed by atoms with E-state index in [0.717, 1.165) is 50.2 Å². The number of fused-ring (bicyclic) bond motifs is 1. The Balaban J connectivity index is 1.78. The van der Waals surface area contributed by atoms with E-state index in [-0.39, 0.29) is 4.90 Å². The first-order chi connectivity index (χ1) is 18.2. The second kappa shape index (κ2) is 9.89. The van der Waals surface area contributed by atoms with Crippen LogP contribution in [0, 0.1) is 0 Å². The van der Waals surface area contributed by atoms with E-state index in [2.05, 4.69) is 16.7 Å². The highest BCUT2D eigenvalue weighted by Gasteiger charge is 2.21. The van der Waals surface area contributed by atoms with Crippen LogP contribution >= 0.6 is 0 Å². The third kappa shape index (κ3) is 4.60. The fourth-order valence-electron chi connectivity index (χ4n) is 4.79. The zero-order valence-corrected chi connectivity index (χ0v) is 22.4. The Hall–Kier alpha value is -4.27. The molecule has 0 radical (unpaired) electrons. The molecule has 2 N–H and O–H groups in total. The van der Waals surface area contributed by atoms with Gasteiger partial charge in [0.1, 0.15) is 17.2 Å². The molecule has 1 heterocycles. The third-order valence-electron chi connectivity index (χ3n) is 6.72. The molecule has 7 nitrogen and oxygen atoms in total. The minimum atomic E-state index is -3.76. The summed E-state index contributed by atoms with van der Waals surface area (Å²) in [6.07, 6.45) is 0. The maximum Gasteiger partial charge on any atom is 0.238 e. The predicted molar refractivity (Wildman–Crippen MR) is 150 cm³/mol. The molecule has 0 amide bonds. The number of hydrogen-bond donors (Lipinski definition) is 1. The van der Waals surface area contributed by atoms with E-state index in [4.69, 9.17) is 19.3 Å². The first kappa shape index (κ1) is 25.4. The lowest BCUT2D eigenvalue weighted by Gasteiger charge is -2.13. The monoisotopic (exact) mass is 528 g/mol. The highest BCUT2D eigenvalue weighted by atomic mass is 32.2. The van der Waals surface area contributed by atoms with E-state index in [1.54, 1.807) is 33.5 Å². The number of ether oxygens (including phenoxy) is 3. The zero-order chi connectivity index (χ0) is 27.0. The van der Waals surface area contributed by atoms with Gasteiger partial charge in [-0.05, 0) is 65.2 Å². The molecular weight excluding hydrogens is 500 g/mol. The number of benzene rings is 4. The number of methoxy groups -OCH3 is 3. The molecule has 0 aliphatic carbocycles. The van der Waals surface area contributed by atoms with Crippen LogP contribution in [0.25, 0.3) is 44.4 Å². The molecule has 0 unspecified atom stereocenters. The Labute approximate surface area is 222 Å². The number of nitrogens with two attached hydrogens (primary N) is 1. The standard InChI is InChI=1S/C30H28N2O5S/c1-32-28-14-9-21(19-7-12-26(13-8-19)38(31,33)34)17-27(28)29(20-5-10-23(35-2)11-6-20)30(32)22-15-24(36-3)18-25(16-22)37-4/h5-18H,1-4H3,(H2,31,33,34). The van der Waals surface area contributed by atoms with Crippen molar-refractivity contribution in [1.82, 2.24) is 4.57 Å². The van der Waals surface area contributed by atoms with Gasteiger partial charge in [0.05, 0.1) is 31.9 Å². The first-order valence-corrected chi connectivity index (χ1v) is 13.4. The van der Waals surface area contributed by atoms with Crippen LogP contribution in [0.1, 0.15) is 0 Å². The number of hydrogen-bond acceptors (Lipinski definition) is 5. The summed E-state index contributed by atoms with van der Waals surface area (Å²) in [5, 5.41) is 6.33. The maximum absolute atomic E-state index is 11.7. The minimum absolute atomic E-state index is 0.0789. The maximum atomic E-state index is 11.7. The van der Waals surface area contributed by atoms with Crippen LogP contribution in [0.2, 0.25) is 0 Å². The lowest BCUT2D eigenvalue weighted by Crippen LogP contribution is -2.11. The topological polar surface area (TPSA) is 92.8 Å². The third-order valence-corrected chi connectivity index (χ3v) is 7.65. The van der Waals surface area contributed by atoms with Gasteiger partial charge in [-0.1, -0.05) is 30.3 Å². The van der Waals surface area contributed by atoms with Gasteiger partial charge in [0, 0.05) is 35.1 Å². The van der Waals surface area contributed by atoms with Crippen LogP contribution < -0.4 is 19.3 Å². The van der Waals surface area contributed by atoms with Crippen LogP contribution in [0.4, 0.5) is 0 Å². The summed E-state index contributed by atoms with van der Waals surface area (Å²) in [7, 11) is 3.20. The molecule has 0 aliphatic rings. The lowest BCUT2D eigenvalue weighted by atomic mass is 9.96. The lowest BCUT2D eigenvalue weighted by molar-refractivity contribution is 0.394. The quantitative estimate of drug-likeness (QED) is 0.286. The summed E-state index contributed by atoms with van der Waals surface area (Å²) in [6, 6.07) is 26.6. The van der Waals surface area contributed by atoms with Gasteiger partial charge >= 0.3 is 0 Å². The van der Waals surface area contributed by atoms with Gasteiger partial charge in [0.2, 0.25) is 10.0 Å². The molecular formula is C30H28N2O5S. The Morgan fingerprint density at radius 3 is 1.74 bits per heavy atom. The van der Waals surface area contributed by atoms with E-state index in [1.165, 1.54) is 12.1 Å². The van der Waals surface area contributed by atoms with Crippen molar-refractivity contribution in [2.45, 2.75) is 4.90 Å². The molecule has 1 aromatic heterocycles. The van der Waals surface area contributed by atoms with Gasteiger partial charge in [-0.2, -0.15) is 0 Å². The van der Waals surface area contributed by atoms with E-state index in [0.29, 0.717) is 11.5 Å². The van der Waals surface area contributed by atoms with Gasteiger partial charge in [0.15, 0.2) is 0 Å². The largest absolute Gasteiger partial charge is 0.497 e. The molecule has 0 fully saturated rings. The van der Waals surface area contributed by atoms with Crippen LogP contribution in [0.15, 0.2) is 89.8 Å². The number of sulfonamides is 1. The van der Waals surface area contributed by atoms with Crippen molar-refractivity contribution < 1.29 is 22.6 Å². The predicted octanol–water partition coefficient (Wildman–Crippen LogP) is 5.85. The molecule has 38 heavy (non-hydrogen) atoms. The summed E-state index contributed by atoms with van der Waals surface area (Å²) in [4.78, 5) is 0.0789. The van der Waals surface area contributed by atoms with E-state index in [1.807, 2.05) is 55.6 Å². The Kier molecular flexibility index (Phi) is 6.60. The van der Waals surface area contributed by atoms with Crippen molar-refractivity contribution in [3.63, 3.8) is 0 Å². The minimum Gasteiger partial charge on any atom is -0.497 e. The van der Waals surface area contributed by atoms with Gasteiger partial charge in [-0.25, -0.2) is 13.6 Å². The molecule has 0 atom stereocenters. The molecule has 4 aromatic carbocycles. The molecule has 5 aromatic rings. The molecule has 0 bridgehead atoms. The van der Waals surface area contributed by atoms with Crippen molar-refractivity contribution >= 4 is 20.9 Å². The van der Waals surface area contributed by atoms with E-state index >= 15 is 0 Å². The fourth-order valence-corrected chi connectivity index (χ4v) is 5.31. The second-order valence-electron chi connectivity index (χ2n) is 8.91. The summed E-state index contributed by atoms with van der Waals surface area (Å²) in [5.41, 5.74) is 6.90. The van der Waals surface area contributed by atoms with Gasteiger partial charge in [-0.3, -0.25) is 0 Å². The number of nitrogens with zero attached hydrogens (tertiary/aromatic N) is 1. The van der Waals surface area contributed by atoms with E-state index < -0.39 is 10.0 Å². The van der Waals surface area contributed by atoms with Crippen molar-refractivity contribution in [3.05, 3.63) is 84.9 Å². The zero-order valence-electron chi connectivity index (χ0n) is 21.6. The fraction of sp³-hybridized carbons (Fsp3) is 0.133. The van der Waals surface area contributed by atoms with E-state index in [9.17, 15) is 8.42 Å². The first-order valence-electron chi connectivity index (χ1n) is 11.9. The molecule has 0 spiro atoms. The molecule has 194 valence electrons. The molecule has 5 rings (SSSR count). The highest BCUT2D eigenvalue weighted by molar-refractivity contribution is 7.89. The van der Waals surface area contributed by atoms with Crippen LogP contribution in [-0.2, 0) is 17.1 Å². The molecule has 0 saturated heterocycles. The van der Waals surface area contributed by atoms with Gasteiger partial charge in [0.25, 0.3) is 0 Å². The molecule has 8 heteroatoms. The summed E-state index contributed by atoms with van der Waals surface area (Å²) < 4.78 is 42.1. The molecule has 0 aliphatic heterocycles. The van der Waals surface area contributed by atoms with Crippen molar-refractivity contribution in [2.75, 3.05) is 21.3 Å². The Bertz CT molecular complexity index is 1720. The van der Waals surface area contributed by atoms with Crippen molar-refractivity contribution in [1.29, 1.82) is 0 Å². The van der Waals surface area contributed by atoms with Gasteiger partial charge < -0.3 is 18.8 Å². The normalized spacial score (nSPS) is 11.5. The summed E-state index contributed by atoms with van der Waals surface area (Å²) in [6.45, 7) is 0. The average Bonchev–Trinajstić information content (AvgIpc) is 3.23. The van der Waals surface area contributed by atoms with Gasteiger partial charge in [-0.15, -0.1) is 0 Å². The van der Waals surface area contributed by atoms with Crippen LogP contribution in [0.3, 0.4) is 0 Å². The SMILES string of the molecule is COc1ccc(-c2c(-c3cc(OC)cc(OC)c3)n(C)c3ccc(-c4ccc(S(N)(=O)=O)cc4)cc23)cc1. The Morgan fingerprint density at radius 1 is 0.632 bits per heavy atom. The number of aryl methyl sites for hydroxylation is 1. The average molecular weight is 529 g/mol. The number of primary sulfonamides is 1. The smallest absolute Gasteiger partial charge is 0.238 e. The Morgan fingerprint density at radius 2 is 1.18 bits per heavy atom. The van der Waals surface area contributed by atoms with Crippen molar-refractivity contribution in [3.8, 4) is 50.8 Å². The van der Waals surface area contributed by atoms with Crippen LogP contribution in [0.5, 0.6) is 17.2 Å². The number of rotatable bonds is 7. The summed E-state index contributed by atoms with van der Waals surface area (Å²) >= 11 is 0. The summed E-state index contributed by atoms with van der Waals surface area (Å²) in [5.74, 6) is 2.16. The number of aromatic nitrogens is 1. The van der Waals surface area contributed by atoms with Crippen LogP contribution in [-0.4, -0.2) is 34.3 Å². The second-order valence-corrected chi connectivity index (χ2v) is 10.5. The highest BCUT2D eigenvalue weighted by Crippen LogP contribution is 2.43. The van der Waals surface area contributed by atoms with Crippen molar-refractivity contribution in [2.24, 2.45) is 12.2 Å². The molecule has 0 saturated carbocycles.